The summed E-state index contributed by atoms with van der Waals surface area (Å²) in [4.78, 5) is 17.9. The second kappa shape index (κ2) is 6.63. The van der Waals surface area contributed by atoms with Crippen LogP contribution in [0, 0.1) is 5.41 Å². The van der Waals surface area contributed by atoms with Crippen molar-refractivity contribution >= 4 is 5.91 Å². The fraction of sp³-hybridized carbons (Fsp3) is 0.500. The third-order valence-electron chi connectivity index (χ3n) is 5.26. The van der Waals surface area contributed by atoms with E-state index in [1.54, 1.807) is 0 Å². The fourth-order valence-corrected chi connectivity index (χ4v) is 3.46. The Kier molecular flexibility index (Phi) is 4.41. The van der Waals surface area contributed by atoms with E-state index in [9.17, 15) is 18.0 Å². The highest BCUT2D eigenvalue weighted by Crippen LogP contribution is 2.52. The number of alkyl halides is 3. The van der Waals surface area contributed by atoms with E-state index in [-0.39, 0.29) is 11.7 Å². The Bertz CT molecular complexity index is 828. The molecule has 0 radical (unpaired) electrons. The minimum Gasteiger partial charge on any atom is -0.351 e. The summed E-state index contributed by atoms with van der Waals surface area (Å²) >= 11 is 0. The molecule has 1 aromatic carbocycles. The number of likely N-dealkylation sites (tertiary alicyclic amines) is 1. The lowest BCUT2D eigenvalue weighted by atomic mass is 10.1. The van der Waals surface area contributed by atoms with Gasteiger partial charge in [0, 0.05) is 30.8 Å². The van der Waals surface area contributed by atoms with Crippen LogP contribution in [-0.2, 0) is 6.18 Å². The van der Waals surface area contributed by atoms with Crippen molar-refractivity contribution in [1.29, 1.82) is 0 Å². The largest absolute Gasteiger partial charge is 0.471 e. The average molecular weight is 380 g/mol. The van der Waals surface area contributed by atoms with E-state index in [4.69, 9.17) is 0 Å². The predicted molar refractivity (Wildman–Crippen MR) is 89.8 cm³/mol. The van der Waals surface area contributed by atoms with Crippen LogP contribution in [0.25, 0.3) is 11.4 Å². The van der Waals surface area contributed by atoms with E-state index in [1.807, 2.05) is 0 Å². The topological polar surface area (TPSA) is 71.3 Å². The van der Waals surface area contributed by atoms with Crippen molar-refractivity contribution < 1.29 is 22.5 Å². The van der Waals surface area contributed by atoms with Crippen molar-refractivity contribution in [2.75, 3.05) is 26.2 Å². The molecule has 1 saturated carbocycles. The van der Waals surface area contributed by atoms with E-state index in [0.29, 0.717) is 23.1 Å². The Hall–Kier alpha value is -2.42. The fourth-order valence-electron chi connectivity index (χ4n) is 3.46. The zero-order valence-corrected chi connectivity index (χ0v) is 14.6. The highest BCUT2D eigenvalue weighted by atomic mass is 19.4. The molecule has 1 saturated heterocycles. The summed E-state index contributed by atoms with van der Waals surface area (Å²) in [7, 11) is 0. The second-order valence-corrected chi connectivity index (χ2v) is 7.28. The van der Waals surface area contributed by atoms with Crippen LogP contribution in [0.15, 0.2) is 28.8 Å². The number of benzene rings is 1. The molecule has 1 N–H and O–H groups in total. The van der Waals surface area contributed by atoms with Gasteiger partial charge in [-0.25, -0.2) is 0 Å². The molecule has 1 aliphatic carbocycles. The molecule has 144 valence electrons. The SMILES string of the molecule is O=C(NCCN1CCC2(CC2)C1)c1ccc(-c2noc(C(F)(F)F)n2)cc1. The van der Waals surface area contributed by atoms with Gasteiger partial charge >= 0.3 is 12.1 Å². The lowest BCUT2D eigenvalue weighted by molar-refractivity contribution is -0.159. The van der Waals surface area contributed by atoms with Gasteiger partial charge in [0.15, 0.2) is 0 Å². The maximum atomic E-state index is 12.5. The first-order chi connectivity index (χ1) is 12.8. The smallest absolute Gasteiger partial charge is 0.351 e. The van der Waals surface area contributed by atoms with Crippen LogP contribution in [0.5, 0.6) is 0 Å². The predicted octanol–water partition coefficient (Wildman–Crippen LogP) is 2.97. The molecule has 4 rings (SSSR count). The summed E-state index contributed by atoms with van der Waals surface area (Å²) in [5, 5.41) is 6.20. The van der Waals surface area contributed by atoms with Crippen molar-refractivity contribution in [3.8, 4) is 11.4 Å². The molecule has 0 unspecified atom stereocenters. The molecule has 1 aromatic heterocycles. The standard InChI is InChI=1S/C18H19F3N4O2/c19-18(20,21)16-23-14(24-27-16)12-1-3-13(4-2-12)15(26)22-8-10-25-9-7-17(11-25)5-6-17/h1-4H,5-11H2,(H,22,26). The highest BCUT2D eigenvalue weighted by molar-refractivity contribution is 5.94. The third-order valence-corrected chi connectivity index (χ3v) is 5.26. The number of aromatic nitrogens is 2. The molecule has 2 aromatic rings. The van der Waals surface area contributed by atoms with E-state index in [0.717, 1.165) is 19.6 Å². The van der Waals surface area contributed by atoms with Gasteiger partial charge in [-0.05, 0) is 43.4 Å². The minimum atomic E-state index is -4.68. The van der Waals surface area contributed by atoms with Gasteiger partial charge in [0.25, 0.3) is 5.91 Å². The number of hydrogen-bond donors (Lipinski definition) is 1. The first-order valence-electron chi connectivity index (χ1n) is 8.87. The number of amides is 1. The van der Waals surface area contributed by atoms with Crippen molar-refractivity contribution in [2.24, 2.45) is 5.41 Å². The lowest BCUT2D eigenvalue weighted by Gasteiger charge is -2.16. The molecule has 2 aliphatic rings. The zero-order valence-electron chi connectivity index (χ0n) is 14.6. The summed E-state index contributed by atoms with van der Waals surface area (Å²) in [6, 6.07) is 6.06. The number of carbonyl (C=O) groups excluding carboxylic acids is 1. The number of halogens is 3. The number of nitrogens with zero attached hydrogens (tertiary/aromatic N) is 3. The molecule has 1 aliphatic heterocycles. The number of nitrogens with one attached hydrogen (secondary N) is 1. The van der Waals surface area contributed by atoms with Crippen LogP contribution >= 0.6 is 0 Å². The molecule has 1 spiro atoms. The number of carbonyl (C=O) groups is 1. The van der Waals surface area contributed by atoms with E-state index < -0.39 is 12.1 Å². The van der Waals surface area contributed by atoms with Crippen molar-refractivity contribution in [1.82, 2.24) is 20.4 Å². The zero-order chi connectivity index (χ0) is 19.1. The number of rotatable bonds is 5. The Morgan fingerprint density at radius 1 is 1.22 bits per heavy atom. The van der Waals surface area contributed by atoms with Gasteiger partial charge in [-0.1, -0.05) is 17.3 Å². The summed E-state index contributed by atoms with van der Waals surface area (Å²) in [6.07, 6.45) is -0.770. The van der Waals surface area contributed by atoms with Crippen LogP contribution in [0.1, 0.15) is 35.5 Å². The van der Waals surface area contributed by atoms with E-state index in [2.05, 4.69) is 24.9 Å². The molecular formula is C18H19F3N4O2. The molecule has 9 heteroatoms. The molecule has 1 amide bonds. The first kappa shape index (κ1) is 18.0. The van der Waals surface area contributed by atoms with Crippen LogP contribution in [0.2, 0.25) is 0 Å². The highest BCUT2D eigenvalue weighted by Gasteiger charge is 2.47. The van der Waals surface area contributed by atoms with Gasteiger partial charge in [0.2, 0.25) is 5.82 Å². The van der Waals surface area contributed by atoms with Gasteiger partial charge in [-0.15, -0.1) is 0 Å². The van der Waals surface area contributed by atoms with Gasteiger partial charge in [0.05, 0.1) is 0 Å². The normalized spacial score (nSPS) is 18.8. The van der Waals surface area contributed by atoms with Crippen LogP contribution in [0.3, 0.4) is 0 Å². The average Bonchev–Trinajstić information content (AvgIpc) is 3.05. The Morgan fingerprint density at radius 2 is 1.96 bits per heavy atom. The molecule has 2 heterocycles. The van der Waals surface area contributed by atoms with Crippen molar-refractivity contribution in [3.05, 3.63) is 35.7 Å². The maximum Gasteiger partial charge on any atom is 0.471 e. The summed E-state index contributed by atoms with van der Waals surface area (Å²) in [5.41, 5.74) is 1.34. The van der Waals surface area contributed by atoms with Gasteiger partial charge in [0.1, 0.15) is 0 Å². The van der Waals surface area contributed by atoms with Gasteiger partial charge in [-0.2, -0.15) is 18.2 Å². The summed E-state index contributed by atoms with van der Waals surface area (Å²) < 4.78 is 41.7. The second-order valence-electron chi connectivity index (χ2n) is 7.28. The number of hydrogen-bond acceptors (Lipinski definition) is 5. The van der Waals surface area contributed by atoms with Crippen LogP contribution < -0.4 is 5.32 Å². The summed E-state index contributed by atoms with van der Waals surface area (Å²) in [5.74, 6) is -1.78. The van der Waals surface area contributed by atoms with Crippen LogP contribution in [-0.4, -0.2) is 47.1 Å². The van der Waals surface area contributed by atoms with Gasteiger partial charge < -0.3 is 14.7 Å². The monoisotopic (exact) mass is 380 g/mol. The quantitative estimate of drug-likeness (QED) is 0.864. The van der Waals surface area contributed by atoms with E-state index in [1.165, 1.54) is 43.5 Å². The van der Waals surface area contributed by atoms with Gasteiger partial charge in [-0.3, -0.25) is 4.79 Å². The lowest BCUT2D eigenvalue weighted by Crippen LogP contribution is -2.34. The third kappa shape index (κ3) is 3.97. The first-order valence-corrected chi connectivity index (χ1v) is 8.87. The molecule has 27 heavy (non-hydrogen) atoms. The van der Waals surface area contributed by atoms with Crippen LogP contribution in [0.4, 0.5) is 13.2 Å². The molecule has 0 bridgehead atoms. The molecular weight excluding hydrogens is 361 g/mol. The van der Waals surface area contributed by atoms with Crippen molar-refractivity contribution in [3.63, 3.8) is 0 Å². The Balaban J connectivity index is 1.30. The molecule has 6 nitrogen and oxygen atoms in total. The van der Waals surface area contributed by atoms with E-state index >= 15 is 0 Å². The molecule has 2 fully saturated rings. The maximum absolute atomic E-state index is 12.5. The minimum absolute atomic E-state index is 0.169. The Morgan fingerprint density at radius 3 is 2.56 bits per heavy atom. The summed E-state index contributed by atoms with van der Waals surface area (Å²) in [6.45, 7) is 3.61. The molecule has 0 atom stereocenters. The van der Waals surface area contributed by atoms with Crippen molar-refractivity contribution in [2.45, 2.75) is 25.4 Å². The Labute approximate surface area is 153 Å².